The molecule has 8 heteroatoms. The van der Waals surface area contributed by atoms with Gasteiger partial charge in [0.15, 0.2) is 5.92 Å². The van der Waals surface area contributed by atoms with Gasteiger partial charge in [-0.25, -0.2) is 4.79 Å². The predicted octanol–water partition coefficient (Wildman–Crippen LogP) is 1.75. The van der Waals surface area contributed by atoms with E-state index in [2.05, 4.69) is 0 Å². The van der Waals surface area contributed by atoms with Gasteiger partial charge in [0.25, 0.3) is 0 Å². The van der Waals surface area contributed by atoms with Gasteiger partial charge in [-0.05, 0) is 41.0 Å². The molecular formula is C17H29NO7. The molecule has 1 aliphatic rings. The summed E-state index contributed by atoms with van der Waals surface area (Å²) < 4.78 is 20.9. The van der Waals surface area contributed by atoms with E-state index in [4.69, 9.17) is 18.9 Å². The molecular weight excluding hydrogens is 330 g/mol. The van der Waals surface area contributed by atoms with Gasteiger partial charge in [-0.2, -0.15) is 0 Å². The fourth-order valence-electron chi connectivity index (χ4n) is 2.39. The Morgan fingerprint density at radius 1 is 1.12 bits per heavy atom. The second-order valence-corrected chi connectivity index (χ2v) is 6.71. The summed E-state index contributed by atoms with van der Waals surface area (Å²) in [5.74, 6) is -2.35. The van der Waals surface area contributed by atoms with E-state index in [9.17, 15) is 14.4 Å². The third-order valence-electron chi connectivity index (χ3n) is 3.43. The maximum Gasteiger partial charge on any atom is 0.410 e. The number of rotatable bonds is 6. The van der Waals surface area contributed by atoms with Gasteiger partial charge in [-0.1, -0.05) is 0 Å². The first-order valence-electron chi connectivity index (χ1n) is 8.60. The van der Waals surface area contributed by atoms with E-state index in [0.29, 0.717) is 13.2 Å². The predicted molar refractivity (Wildman–Crippen MR) is 88.9 cm³/mol. The number of hydrogen-bond donors (Lipinski definition) is 0. The molecule has 0 N–H and O–H groups in total. The Hall–Kier alpha value is -1.83. The van der Waals surface area contributed by atoms with E-state index in [0.717, 1.165) is 0 Å². The zero-order valence-electron chi connectivity index (χ0n) is 15.7. The van der Waals surface area contributed by atoms with Crippen molar-refractivity contribution in [2.24, 2.45) is 5.92 Å². The Balaban J connectivity index is 2.72. The molecule has 1 rings (SSSR count). The highest BCUT2D eigenvalue weighted by Gasteiger charge is 2.36. The summed E-state index contributed by atoms with van der Waals surface area (Å²) in [5, 5.41) is 0. The molecule has 0 aromatic heterocycles. The van der Waals surface area contributed by atoms with Crippen molar-refractivity contribution in [3.05, 3.63) is 0 Å². The number of ether oxygens (including phenoxy) is 4. The van der Waals surface area contributed by atoms with E-state index >= 15 is 0 Å². The normalized spacial score (nSPS) is 18.0. The Morgan fingerprint density at radius 3 is 2.16 bits per heavy atom. The molecule has 1 amide bonds. The molecule has 0 saturated carbocycles. The van der Waals surface area contributed by atoms with E-state index < -0.39 is 35.7 Å². The minimum absolute atomic E-state index is 0.0942. The third kappa shape index (κ3) is 7.29. The van der Waals surface area contributed by atoms with E-state index in [1.165, 1.54) is 4.90 Å². The van der Waals surface area contributed by atoms with E-state index in [-0.39, 0.29) is 26.2 Å². The van der Waals surface area contributed by atoms with Crippen LogP contribution in [0.25, 0.3) is 0 Å². The van der Waals surface area contributed by atoms with Gasteiger partial charge in [-0.15, -0.1) is 0 Å². The van der Waals surface area contributed by atoms with Gasteiger partial charge >= 0.3 is 18.0 Å². The molecule has 25 heavy (non-hydrogen) atoms. The molecule has 0 radical (unpaired) electrons. The van der Waals surface area contributed by atoms with Crippen molar-refractivity contribution in [3.8, 4) is 0 Å². The maximum atomic E-state index is 12.2. The van der Waals surface area contributed by atoms with Crippen LogP contribution in [0.3, 0.4) is 0 Å². The largest absolute Gasteiger partial charge is 0.465 e. The number of hydrogen-bond acceptors (Lipinski definition) is 7. The molecule has 144 valence electrons. The minimum atomic E-state index is -1.07. The quantitative estimate of drug-likeness (QED) is 0.405. The number of esters is 2. The molecule has 0 aromatic carbocycles. The Kier molecular flexibility index (Phi) is 8.15. The van der Waals surface area contributed by atoms with Gasteiger partial charge in [-0.3, -0.25) is 9.59 Å². The molecule has 0 bridgehead atoms. The van der Waals surface area contributed by atoms with Crippen LogP contribution < -0.4 is 0 Å². The van der Waals surface area contributed by atoms with Crippen LogP contribution in [-0.4, -0.2) is 67.5 Å². The highest BCUT2D eigenvalue weighted by Crippen LogP contribution is 2.19. The lowest BCUT2D eigenvalue weighted by molar-refractivity contribution is -0.164. The first kappa shape index (κ1) is 21.2. The van der Waals surface area contributed by atoms with Crippen molar-refractivity contribution in [2.75, 3.05) is 32.9 Å². The number of carbonyl (C=O) groups is 3. The number of amides is 1. The second-order valence-electron chi connectivity index (χ2n) is 6.71. The Bertz CT molecular complexity index is 454. The number of carbonyl (C=O) groups excluding carboxylic acids is 3. The third-order valence-corrected chi connectivity index (χ3v) is 3.43. The summed E-state index contributed by atoms with van der Waals surface area (Å²) in [7, 11) is 0. The molecule has 1 aliphatic heterocycles. The fourth-order valence-corrected chi connectivity index (χ4v) is 2.39. The highest BCUT2D eigenvalue weighted by atomic mass is 16.6. The average Bonchev–Trinajstić information content (AvgIpc) is 2.51. The van der Waals surface area contributed by atoms with Crippen LogP contribution in [0.4, 0.5) is 4.79 Å². The summed E-state index contributed by atoms with van der Waals surface area (Å²) in [6.07, 6.45) is -0.818. The molecule has 1 saturated heterocycles. The minimum Gasteiger partial charge on any atom is -0.465 e. The molecule has 1 atom stereocenters. The highest BCUT2D eigenvalue weighted by molar-refractivity contribution is 5.94. The van der Waals surface area contributed by atoms with Crippen molar-refractivity contribution in [3.63, 3.8) is 0 Å². The van der Waals surface area contributed by atoms with Crippen LogP contribution in [-0.2, 0) is 28.5 Å². The first-order valence-corrected chi connectivity index (χ1v) is 8.60. The molecule has 0 aromatic rings. The van der Waals surface area contributed by atoms with Gasteiger partial charge in [0.2, 0.25) is 0 Å². The number of morpholine rings is 1. The summed E-state index contributed by atoms with van der Waals surface area (Å²) >= 11 is 0. The van der Waals surface area contributed by atoms with Crippen LogP contribution in [0.2, 0.25) is 0 Å². The Morgan fingerprint density at radius 2 is 1.68 bits per heavy atom. The zero-order chi connectivity index (χ0) is 19.0. The van der Waals surface area contributed by atoms with E-state index in [1.54, 1.807) is 34.6 Å². The molecule has 1 fully saturated rings. The fraction of sp³-hybridized carbons (Fsp3) is 0.824. The zero-order valence-corrected chi connectivity index (χ0v) is 15.7. The molecule has 0 spiro atoms. The van der Waals surface area contributed by atoms with Crippen molar-refractivity contribution < 1.29 is 33.3 Å². The molecule has 1 unspecified atom stereocenters. The van der Waals surface area contributed by atoms with E-state index in [1.807, 2.05) is 0 Å². The van der Waals surface area contributed by atoms with Crippen LogP contribution in [0.5, 0.6) is 0 Å². The topological polar surface area (TPSA) is 91.4 Å². The van der Waals surface area contributed by atoms with Crippen LogP contribution in [0.15, 0.2) is 0 Å². The number of nitrogens with zero attached hydrogens (tertiary/aromatic N) is 1. The van der Waals surface area contributed by atoms with Gasteiger partial charge in [0.05, 0.1) is 32.5 Å². The van der Waals surface area contributed by atoms with Gasteiger partial charge in [0.1, 0.15) is 5.60 Å². The molecule has 0 aliphatic carbocycles. The van der Waals surface area contributed by atoms with Crippen molar-refractivity contribution in [2.45, 2.75) is 52.7 Å². The SMILES string of the molecule is CCOC(=O)C(CC1CN(C(=O)OC(C)(C)C)CCO1)C(=O)OCC. The van der Waals surface area contributed by atoms with Gasteiger partial charge in [0, 0.05) is 6.54 Å². The second kappa shape index (κ2) is 9.60. The van der Waals surface area contributed by atoms with Gasteiger partial charge < -0.3 is 23.8 Å². The van der Waals surface area contributed by atoms with Crippen molar-refractivity contribution >= 4 is 18.0 Å². The van der Waals surface area contributed by atoms with Crippen LogP contribution >= 0.6 is 0 Å². The lowest BCUT2D eigenvalue weighted by atomic mass is 10.0. The summed E-state index contributed by atoms with van der Waals surface area (Å²) in [5.41, 5.74) is -0.594. The summed E-state index contributed by atoms with van der Waals surface area (Å²) in [4.78, 5) is 37.8. The van der Waals surface area contributed by atoms with Crippen LogP contribution in [0, 0.1) is 5.92 Å². The summed E-state index contributed by atoms with van der Waals surface area (Å²) in [6, 6.07) is 0. The molecule has 1 heterocycles. The van der Waals surface area contributed by atoms with Crippen molar-refractivity contribution in [1.29, 1.82) is 0 Å². The van der Waals surface area contributed by atoms with Crippen molar-refractivity contribution in [1.82, 2.24) is 4.90 Å². The lowest BCUT2D eigenvalue weighted by Crippen LogP contribution is -2.48. The maximum absolute atomic E-state index is 12.2. The molecule has 8 nitrogen and oxygen atoms in total. The standard InChI is InChI=1S/C17H29NO7/c1-6-22-14(19)13(15(20)23-7-2)10-12-11-18(8-9-24-12)16(21)25-17(3,4)5/h12-13H,6-11H2,1-5H3. The average molecular weight is 359 g/mol. The van der Waals surface area contributed by atoms with Crippen LogP contribution in [0.1, 0.15) is 41.0 Å². The Labute approximate surface area is 148 Å². The monoisotopic (exact) mass is 359 g/mol. The smallest absolute Gasteiger partial charge is 0.410 e. The lowest BCUT2D eigenvalue weighted by Gasteiger charge is -2.34. The first-order chi connectivity index (χ1) is 11.7. The summed E-state index contributed by atoms with van der Waals surface area (Å²) in [6.45, 7) is 10.0.